The predicted molar refractivity (Wildman–Crippen MR) is 148 cm³/mol. The van der Waals surface area contributed by atoms with Crippen LogP contribution in [0.2, 0.25) is 0 Å². The molecule has 0 aliphatic rings. The van der Waals surface area contributed by atoms with Crippen molar-refractivity contribution in [3.63, 3.8) is 0 Å². The number of aliphatic hydroxyl groups is 1. The molecule has 0 radical (unpaired) electrons. The molecule has 5 aromatic rings. The van der Waals surface area contributed by atoms with Gasteiger partial charge in [0.25, 0.3) is 0 Å². The van der Waals surface area contributed by atoms with Crippen LogP contribution >= 0.6 is 0 Å². The molecule has 1 heterocycles. The van der Waals surface area contributed by atoms with Gasteiger partial charge in [-0.05, 0) is 40.5 Å². The minimum absolute atomic E-state index is 0.149. The summed E-state index contributed by atoms with van der Waals surface area (Å²) in [6.45, 7) is 1.05. The second kappa shape index (κ2) is 12.6. The molecule has 1 N–H and O–H groups in total. The number of hydrogen-bond donors (Lipinski definition) is 1. The first-order chi connectivity index (χ1) is 18.8. The van der Waals surface area contributed by atoms with Crippen molar-refractivity contribution in [2.24, 2.45) is 0 Å². The molecule has 0 aliphatic carbocycles. The molecule has 0 saturated heterocycles. The highest BCUT2D eigenvalue weighted by molar-refractivity contribution is 5.70. The number of aromatic nitrogens is 1. The zero-order chi connectivity index (χ0) is 26.0. The van der Waals surface area contributed by atoms with E-state index in [1.807, 2.05) is 121 Å². The molecule has 5 nitrogen and oxygen atoms in total. The van der Waals surface area contributed by atoms with E-state index in [1.54, 1.807) is 0 Å². The highest BCUT2D eigenvalue weighted by Crippen LogP contribution is 2.34. The van der Waals surface area contributed by atoms with Gasteiger partial charge in [-0.2, -0.15) is 4.98 Å². The van der Waals surface area contributed by atoms with Crippen LogP contribution in [0.3, 0.4) is 0 Å². The van der Waals surface area contributed by atoms with Crippen LogP contribution in [0.25, 0.3) is 11.1 Å². The fraction of sp³-hybridized carbons (Fsp3) is 0.121. The van der Waals surface area contributed by atoms with Crippen LogP contribution < -0.4 is 14.2 Å². The smallest absolute Gasteiger partial charge is 0.225 e. The van der Waals surface area contributed by atoms with Gasteiger partial charge in [0.1, 0.15) is 25.6 Å². The first kappa shape index (κ1) is 25.1. The van der Waals surface area contributed by atoms with Crippen LogP contribution in [0, 0.1) is 0 Å². The van der Waals surface area contributed by atoms with Gasteiger partial charge in [0.15, 0.2) is 0 Å². The maximum atomic E-state index is 10.1. The lowest BCUT2D eigenvalue weighted by molar-refractivity contribution is 0.259. The molecular weight excluding hydrogens is 474 g/mol. The summed E-state index contributed by atoms with van der Waals surface area (Å²) in [4.78, 5) is 4.69. The summed E-state index contributed by atoms with van der Waals surface area (Å²) in [5.74, 6) is 1.58. The first-order valence-corrected chi connectivity index (χ1v) is 12.5. The van der Waals surface area contributed by atoms with E-state index in [0.29, 0.717) is 42.9 Å². The molecule has 0 bridgehead atoms. The predicted octanol–water partition coefficient (Wildman–Crippen LogP) is 6.98. The monoisotopic (exact) mass is 503 g/mol. The van der Waals surface area contributed by atoms with Gasteiger partial charge in [0, 0.05) is 17.2 Å². The van der Waals surface area contributed by atoms with E-state index in [4.69, 9.17) is 19.2 Å². The molecule has 0 spiro atoms. The largest absolute Gasteiger partial charge is 0.489 e. The molecule has 5 rings (SSSR count). The Hall–Kier alpha value is -4.61. The van der Waals surface area contributed by atoms with Crippen molar-refractivity contribution in [2.45, 2.75) is 26.4 Å². The Bertz CT molecular complexity index is 1440. The summed E-state index contributed by atoms with van der Waals surface area (Å²) in [7, 11) is 0. The maximum absolute atomic E-state index is 10.1. The summed E-state index contributed by atoms with van der Waals surface area (Å²) in [5.41, 5.74) is 5.52. The average Bonchev–Trinajstić information content (AvgIpc) is 2.99. The van der Waals surface area contributed by atoms with Crippen LogP contribution in [-0.4, -0.2) is 10.1 Å². The van der Waals surface area contributed by atoms with E-state index in [2.05, 4.69) is 0 Å². The van der Waals surface area contributed by atoms with Gasteiger partial charge in [-0.15, -0.1) is 0 Å². The second-order valence-corrected chi connectivity index (χ2v) is 8.81. The van der Waals surface area contributed by atoms with E-state index in [1.165, 1.54) is 0 Å². The third kappa shape index (κ3) is 6.58. The molecule has 0 fully saturated rings. The van der Waals surface area contributed by atoms with Crippen molar-refractivity contribution < 1.29 is 19.3 Å². The van der Waals surface area contributed by atoms with Gasteiger partial charge in [0.05, 0.1) is 6.61 Å². The van der Waals surface area contributed by atoms with Gasteiger partial charge >= 0.3 is 0 Å². The van der Waals surface area contributed by atoms with Crippen molar-refractivity contribution in [2.75, 3.05) is 0 Å². The van der Waals surface area contributed by atoms with Crippen LogP contribution in [0.1, 0.15) is 22.3 Å². The van der Waals surface area contributed by atoms with Crippen molar-refractivity contribution >= 4 is 0 Å². The Kier molecular flexibility index (Phi) is 8.29. The summed E-state index contributed by atoms with van der Waals surface area (Å²) >= 11 is 0. The summed E-state index contributed by atoms with van der Waals surface area (Å²) in [6, 6.07) is 39.4. The van der Waals surface area contributed by atoms with Gasteiger partial charge in [-0.1, -0.05) is 97.1 Å². The molecule has 0 unspecified atom stereocenters. The zero-order valence-electron chi connectivity index (χ0n) is 21.0. The Morgan fingerprint density at radius 1 is 0.553 bits per heavy atom. The lowest BCUT2D eigenvalue weighted by Crippen LogP contribution is -2.03. The second-order valence-electron chi connectivity index (χ2n) is 8.81. The van der Waals surface area contributed by atoms with Gasteiger partial charge in [-0.3, -0.25) is 0 Å². The van der Waals surface area contributed by atoms with Crippen LogP contribution in [0.5, 0.6) is 17.5 Å². The van der Waals surface area contributed by atoms with Gasteiger partial charge in [-0.25, -0.2) is 0 Å². The molecule has 5 heteroatoms. The Labute approximate surface area is 222 Å². The molecule has 38 heavy (non-hydrogen) atoms. The quantitative estimate of drug-likeness (QED) is 0.211. The van der Waals surface area contributed by atoms with Crippen molar-refractivity contribution in [1.82, 2.24) is 4.98 Å². The van der Waals surface area contributed by atoms with Crippen molar-refractivity contribution in [1.29, 1.82) is 0 Å². The minimum atomic E-state index is -0.149. The van der Waals surface area contributed by atoms with E-state index in [-0.39, 0.29) is 6.61 Å². The third-order valence-electron chi connectivity index (χ3n) is 6.06. The number of nitrogens with zero attached hydrogens (tertiary/aromatic N) is 1. The number of ether oxygens (including phenoxy) is 3. The standard InChI is InChI=1S/C33H29NO4/c35-21-29-20-28(16-18-31(29)36-22-25-10-4-1-5-11-25)30-17-19-32(37-23-26-12-6-2-7-13-26)34-33(30)38-24-27-14-8-3-9-15-27/h1-20,35H,21-24H2. The van der Waals surface area contributed by atoms with E-state index >= 15 is 0 Å². The fourth-order valence-corrected chi connectivity index (χ4v) is 4.04. The number of aliphatic hydroxyl groups excluding tert-OH is 1. The zero-order valence-corrected chi connectivity index (χ0v) is 21.0. The number of rotatable bonds is 11. The molecule has 190 valence electrons. The summed E-state index contributed by atoms with van der Waals surface area (Å²) in [5, 5.41) is 10.1. The van der Waals surface area contributed by atoms with Gasteiger partial charge in [0.2, 0.25) is 11.8 Å². The molecule has 0 saturated carbocycles. The minimum Gasteiger partial charge on any atom is -0.489 e. The Balaban J connectivity index is 1.39. The first-order valence-electron chi connectivity index (χ1n) is 12.5. The summed E-state index contributed by atoms with van der Waals surface area (Å²) < 4.78 is 18.2. The fourth-order valence-electron chi connectivity index (χ4n) is 4.04. The number of benzene rings is 4. The highest BCUT2D eigenvalue weighted by atomic mass is 16.5. The topological polar surface area (TPSA) is 60.8 Å². The highest BCUT2D eigenvalue weighted by Gasteiger charge is 2.14. The molecule has 1 aromatic heterocycles. The molecule has 4 aromatic carbocycles. The SMILES string of the molecule is OCc1cc(-c2ccc(OCc3ccccc3)nc2OCc2ccccc2)ccc1OCc1ccccc1. The lowest BCUT2D eigenvalue weighted by Gasteiger charge is -2.15. The third-order valence-corrected chi connectivity index (χ3v) is 6.06. The number of hydrogen-bond acceptors (Lipinski definition) is 5. The Morgan fingerprint density at radius 3 is 1.68 bits per heavy atom. The normalized spacial score (nSPS) is 10.7. The van der Waals surface area contributed by atoms with Crippen LogP contribution in [0.15, 0.2) is 121 Å². The lowest BCUT2D eigenvalue weighted by atomic mass is 10.0. The van der Waals surface area contributed by atoms with Gasteiger partial charge < -0.3 is 19.3 Å². The maximum Gasteiger partial charge on any atom is 0.225 e. The van der Waals surface area contributed by atoms with E-state index in [0.717, 1.165) is 27.8 Å². The van der Waals surface area contributed by atoms with Crippen molar-refractivity contribution in [3.05, 3.63) is 144 Å². The molecular formula is C33H29NO4. The van der Waals surface area contributed by atoms with E-state index in [9.17, 15) is 5.11 Å². The van der Waals surface area contributed by atoms with Crippen LogP contribution in [0.4, 0.5) is 0 Å². The van der Waals surface area contributed by atoms with E-state index < -0.39 is 0 Å². The Morgan fingerprint density at radius 2 is 1.11 bits per heavy atom. The summed E-state index contributed by atoms with van der Waals surface area (Å²) in [6.07, 6.45) is 0. The number of pyridine rings is 1. The molecule has 0 amide bonds. The van der Waals surface area contributed by atoms with Crippen molar-refractivity contribution in [3.8, 4) is 28.6 Å². The average molecular weight is 504 g/mol. The molecule has 0 aliphatic heterocycles. The molecule has 0 atom stereocenters. The van der Waals surface area contributed by atoms with Crippen LogP contribution in [-0.2, 0) is 26.4 Å².